The SMILES string of the molecule is Cc1c(C(=O)N2CCCn3nc([C@@H](C)O)cc3C2)[nH]c2c(F)cccc12. The topological polar surface area (TPSA) is 74.2 Å². The normalized spacial score (nSPS) is 15.8. The molecule has 1 amide bonds. The van der Waals surface area contributed by atoms with Crippen LogP contribution in [0.4, 0.5) is 4.39 Å². The average Bonchev–Trinajstić information content (AvgIpc) is 3.10. The van der Waals surface area contributed by atoms with Crippen molar-refractivity contribution in [2.45, 2.75) is 39.5 Å². The predicted molar refractivity (Wildman–Crippen MR) is 95.2 cm³/mol. The highest BCUT2D eigenvalue weighted by Crippen LogP contribution is 2.26. The number of carbonyl (C=O) groups is 1. The first kappa shape index (κ1) is 16.8. The minimum Gasteiger partial charge on any atom is -0.387 e. The second kappa shape index (κ2) is 6.25. The molecule has 1 atom stereocenters. The Kier molecular flexibility index (Phi) is 4.03. The number of benzene rings is 1. The summed E-state index contributed by atoms with van der Waals surface area (Å²) in [6.45, 7) is 5.22. The number of nitrogens with one attached hydrogen (secondary N) is 1. The van der Waals surface area contributed by atoms with Crippen LogP contribution in [-0.4, -0.2) is 37.2 Å². The number of aromatic nitrogens is 3. The summed E-state index contributed by atoms with van der Waals surface area (Å²) in [7, 11) is 0. The van der Waals surface area contributed by atoms with Gasteiger partial charge in [-0.05, 0) is 38.0 Å². The van der Waals surface area contributed by atoms with Gasteiger partial charge in [0.25, 0.3) is 5.91 Å². The quantitative estimate of drug-likeness (QED) is 0.741. The van der Waals surface area contributed by atoms with Gasteiger partial charge in [0.05, 0.1) is 29.6 Å². The van der Waals surface area contributed by atoms with Crippen molar-refractivity contribution in [2.75, 3.05) is 6.54 Å². The molecular weight excluding hydrogens is 335 g/mol. The highest BCUT2D eigenvalue weighted by atomic mass is 19.1. The van der Waals surface area contributed by atoms with Gasteiger partial charge in [-0.3, -0.25) is 9.48 Å². The van der Waals surface area contributed by atoms with Gasteiger partial charge >= 0.3 is 0 Å². The minimum atomic E-state index is -0.641. The van der Waals surface area contributed by atoms with E-state index in [1.807, 2.05) is 23.7 Å². The maximum atomic E-state index is 14.0. The molecule has 6 nitrogen and oxygen atoms in total. The molecule has 0 spiro atoms. The summed E-state index contributed by atoms with van der Waals surface area (Å²) in [6, 6.07) is 6.69. The van der Waals surface area contributed by atoms with E-state index in [-0.39, 0.29) is 11.7 Å². The van der Waals surface area contributed by atoms with Gasteiger partial charge < -0.3 is 15.0 Å². The van der Waals surface area contributed by atoms with Crippen molar-refractivity contribution in [2.24, 2.45) is 0 Å². The third kappa shape index (κ3) is 2.68. The van der Waals surface area contributed by atoms with Gasteiger partial charge in [-0.15, -0.1) is 0 Å². The van der Waals surface area contributed by atoms with Gasteiger partial charge in [-0.1, -0.05) is 12.1 Å². The van der Waals surface area contributed by atoms with Crippen LogP contribution in [-0.2, 0) is 13.1 Å². The molecule has 0 radical (unpaired) electrons. The minimum absolute atomic E-state index is 0.147. The van der Waals surface area contributed by atoms with E-state index in [1.165, 1.54) is 6.07 Å². The maximum absolute atomic E-state index is 14.0. The van der Waals surface area contributed by atoms with Crippen molar-refractivity contribution in [1.29, 1.82) is 0 Å². The smallest absolute Gasteiger partial charge is 0.270 e. The van der Waals surface area contributed by atoms with E-state index in [9.17, 15) is 14.3 Å². The Bertz CT molecular complexity index is 989. The molecule has 0 saturated carbocycles. The van der Waals surface area contributed by atoms with Gasteiger partial charge in [0.15, 0.2) is 0 Å². The molecule has 26 heavy (non-hydrogen) atoms. The van der Waals surface area contributed by atoms with E-state index in [4.69, 9.17) is 0 Å². The van der Waals surface area contributed by atoms with Crippen molar-refractivity contribution < 1.29 is 14.3 Å². The number of halogens is 1. The molecule has 2 aromatic heterocycles. The van der Waals surface area contributed by atoms with Gasteiger partial charge in [0, 0.05) is 18.5 Å². The Morgan fingerprint density at radius 2 is 2.19 bits per heavy atom. The number of fused-ring (bicyclic) bond motifs is 2. The van der Waals surface area contributed by atoms with Crippen molar-refractivity contribution >= 4 is 16.8 Å². The lowest BCUT2D eigenvalue weighted by molar-refractivity contribution is 0.0740. The van der Waals surface area contributed by atoms with Crippen LogP contribution in [0.5, 0.6) is 0 Å². The first-order chi connectivity index (χ1) is 12.5. The molecule has 3 aromatic rings. The molecule has 1 aliphatic heterocycles. The number of hydrogen-bond donors (Lipinski definition) is 2. The van der Waals surface area contributed by atoms with Crippen molar-refractivity contribution in [3.05, 3.63) is 52.7 Å². The van der Waals surface area contributed by atoms with E-state index in [1.54, 1.807) is 17.9 Å². The fraction of sp³-hybridized carbons (Fsp3) is 0.368. The lowest BCUT2D eigenvalue weighted by Gasteiger charge is -2.19. The van der Waals surface area contributed by atoms with Crippen LogP contribution in [0, 0.1) is 12.7 Å². The van der Waals surface area contributed by atoms with Crippen molar-refractivity contribution in [3.8, 4) is 0 Å². The number of aromatic amines is 1. The van der Waals surface area contributed by atoms with Gasteiger partial charge in [0.1, 0.15) is 11.5 Å². The second-order valence-corrected chi connectivity index (χ2v) is 6.83. The molecule has 0 aliphatic carbocycles. The average molecular weight is 356 g/mol. The molecule has 4 rings (SSSR count). The number of H-pyrrole nitrogens is 1. The second-order valence-electron chi connectivity index (χ2n) is 6.83. The number of hydrogen-bond acceptors (Lipinski definition) is 3. The number of para-hydroxylation sites is 1. The third-order valence-corrected chi connectivity index (χ3v) is 5.00. The number of amides is 1. The summed E-state index contributed by atoms with van der Waals surface area (Å²) in [6.07, 6.45) is 0.130. The van der Waals surface area contributed by atoms with E-state index in [0.717, 1.165) is 23.1 Å². The highest BCUT2D eigenvalue weighted by Gasteiger charge is 2.25. The number of aliphatic hydroxyl groups is 1. The predicted octanol–water partition coefficient (Wildman–Crippen LogP) is 2.91. The van der Waals surface area contributed by atoms with Crippen LogP contribution in [0.25, 0.3) is 10.9 Å². The van der Waals surface area contributed by atoms with Gasteiger partial charge in [-0.2, -0.15) is 5.10 Å². The standard InChI is InChI=1S/C19H21FN4O2/c1-11-14-5-3-6-15(20)18(14)21-17(11)19(26)23-7-4-8-24-13(10-23)9-16(22-24)12(2)25/h3,5-6,9,12,21,25H,4,7-8,10H2,1-2H3/t12-/m1/s1. The number of carbonyl (C=O) groups excluding carboxylic acids is 1. The van der Waals surface area contributed by atoms with E-state index in [2.05, 4.69) is 10.1 Å². The molecule has 136 valence electrons. The Morgan fingerprint density at radius 1 is 1.38 bits per heavy atom. The Labute approximate surface area is 150 Å². The Morgan fingerprint density at radius 3 is 2.92 bits per heavy atom. The summed E-state index contributed by atoms with van der Waals surface area (Å²) in [5.41, 5.74) is 3.05. The number of nitrogens with zero attached hydrogens (tertiary/aromatic N) is 3. The van der Waals surface area contributed by atoms with Crippen LogP contribution in [0.3, 0.4) is 0 Å². The first-order valence-corrected chi connectivity index (χ1v) is 8.76. The summed E-state index contributed by atoms with van der Waals surface area (Å²) in [5, 5.41) is 14.9. The molecule has 2 N–H and O–H groups in total. The summed E-state index contributed by atoms with van der Waals surface area (Å²) in [4.78, 5) is 17.8. The van der Waals surface area contributed by atoms with Crippen LogP contribution in [0.1, 0.15) is 46.9 Å². The van der Waals surface area contributed by atoms with Crippen LogP contribution < -0.4 is 0 Å². The number of aryl methyl sites for hydroxylation is 2. The zero-order valence-corrected chi connectivity index (χ0v) is 14.8. The van der Waals surface area contributed by atoms with Crippen LogP contribution in [0.2, 0.25) is 0 Å². The fourth-order valence-electron chi connectivity index (χ4n) is 3.55. The van der Waals surface area contributed by atoms with E-state index >= 15 is 0 Å². The first-order valence-electron chi connectivity index (χ1n) is 8.76. The molecule has 0 unspecified atom stereocenters. The fourth-order valence-corrected chi connectivity index (χ4v) is 3.55. The third-order valence-electron chi connectivity index (χ3n) is 5.00. The number of aliphatic hydroxyl groups excluding tert-OH is 1. The molecule has 7 heteroatoms. The molecular formula is C19H21FN4O2. The zero-order valence-electron chi connectivity index (χ0n) is 14.8. The summed E-state index contributed by atoms with van der Waals surface area (Å²) in [5.74, 6) is -0.508. The Balaban J connectivity index is 1.68. The zero-order chi connectivity index (χ0) is 18.4. The molecule has 0 fully saturated rings. The molecule has 1 aliphatic rings. The van der Waals surface area contributed by atoms with E-state index < -0.39 is 6.10 Å². The van der Waals surface area contributed by atoms with E-state index in [0.29, 0.717) is 36.5 Å². The summed E-state index contributed by atoms with van der Waals surface area (Å²) >= 11 is 0. The van der Waals surface area contributed by atoms with Gasteiger partial charge in [-0.25, -0.2) is 4.39 Å². The highest BCUT2D eigenvalue weighted by molar-refractivity contribution is 6.01. The lowest BCUT2D eigenvalue weighted by atomic mass is 10.1. The van der Waals surface area contributed by atoms with Crippen LogP contribution >= 0.6 is 0 Å². The Hall–Kier alpha value is -2.67. The van der Waals surface area contributed by atoms with Gasteiger partial charge in [0.2, 0.25) is 0 Å². The monoisotopic (exact) mass is 356 g/mol. The van der Waals surface area contributed by atoms with Crippen LogP contribution in [0.15, 0.2) is 24.3 Å². The van der Waals surface area contributed by atoms with Crippen molar-refractivity contribution in [1.82, 2.24) is 19.7 Å². The van der Waals surface area contributed by atoms with Crippen molar-refractivity contribution in [3.63, 3.8) is 0 Å². The molecule has 0 saturated heterocycles. The molecule has 1 aromatic carbocycles. The largest absolute Gasteiger partial charge is 0.387 e. The molecule has 0 bridgehead atoms. The molecule has 3 heterocycles. The lowest BCUT2D eigenvalue weighted by Crippen LogP contribution is -2.31. The number of rotatable bonds is 2. The maximum Gasteiger partial charge on any atom is 0.270 e. The summed E-state index contributed by atoms with van der Waals surface area (Å²) < 4.78 is 15.9.